The van der Waals surface area contributed by atoms with E-state index in [4.69, 9.17) is 24.5 Å². The molecule has 170 valence electrons. The number of aliphatic carboxylic acids is 1. The molecule has 2 heterocycles. The summed E-state index contributed by atoms with van der Waals surface area (Å²) in [6.07, 6.45) is -0.672. The van der Waals surface area contributed by atoms with Crippen LogP contribution in [0.3, 0.4) is 0 Å². The Kier molecular flexibility index (Phi) is 8.37. The summed E-state index contributed by atoms with van der Waals surface area (Å²) in [7, 11) is -4.31. The fourth-order valence-electron chi connectivity index (χ4n) is 2.91. The number of anilines is 1. The average molecular weight is 458 g/mol. The number of carbonyl (C=O) groups is 1. The van der Waals surface area contributed by atoms with Crippen molar-refractivity contribution in [3.8, 4) is 6.07 Å². The van der Waals surface area contributed by atoms with E-state index in [1.807, 2.05) is 0 Å². The van der Waals surface area contributed by atoms with Crippen LogP contribution in [0.15, 0.2) is 4.79 Å². The first-order valence-electron chi connectivity index (χ1n) is 9.35. The molecule has 15 heteroatoms. The van der Waals surface area contributed by atoms with Crippen molar-refractivity contribution in [3.05, 3.63) is 16.0 Å². The molecule has 3 atom stereocenters. The van der Waals surface area contributed by atoms with Crippen LogP contribution in [-0.4, -0.2) is 68.6 Å². The highest BCUT2D eigenvalue weighted by Crippen LogP contribution is 2.53. The molecule has 2 rings (SSSR count). The van der Waals surface area contributed by atoms with Gasteiger partial charge in [0, 0.05) is 0 Å². The zero-order valence-corrected chi connectivity index (χ0v) is 17.7. The van der Waals surface area contributed by atoms with Gasteiger partial charge in [-0.25, -0.2) is 4.79 Å². The second-order valence-corrected chi connectivity index (χ2v) is 8.40. The molecule has 1 fully saturated rings. The van der Waals surface area contributed by atoms with Crippen molar-refractivity contribution in [2.24, 2.45) is 0 Å². The van der Waals surface area contributed by atoms with Crippen LogP contribution < -0.4 is 10.9 Å². The summed E-state index contributed by atoms with van der Waals surface area (Å²) in [5, 5.41) is 45.3. The first kappa shape index (κ1) is 24.6. The largest absolute Gasteiger partial charge is 0.479 e. The Hall–Kier alpha value is -2.69. The molecule has 1 aromatic rings. The molecule has 0 radical (unpaired) electrons. The lowest BCUT2D eigenvalue weighted by molar-refractivity contribution is -0.136. The van der Waals surface area contributed by atoms with E-state index in [9.17, 15) is 24.4 Å². The van der Waals surface area contributed by atoms with Crippen molar-refractivity contribution in [2.45, 2.75) is 44.8 Å². The van der Waals surface area contributed by atoms with Crippen LogP contribution in [0.25, 0.3) is 0 Å². The maximum atomic E-state index is 13.1. The number of hydrogen-bond donors (Lipinski definition) is 4. The van der Waals surface area contributed by atoms with Gasteiger partial charge in [0.05, 0.1) is 25.9 Å². The molecule has 1 saturated heterocycles. The van der Waals surface area contributed by atoms with Gasteiger partial charge in [-0.15, -0.1) is 5.10 Å². The van der Waals surface area contributed by atoms with Crippen LogP contribution in [-0.2, 0) is 23.1 Å². The molecule has 4 N–H and O–H groups in total. The Labute approximate surface area is 176 Å². The summed E-state index contributed by atoms with van der Waals surface area (Å²) in [5.41, 5.74) is -2.86. The normalized spacial score (nSPS) is 19.5. The molecule has 31 heavy (non-hydrogen) atoms. The maximum Gasteiger partial charge on any atom is 0.364 e. The number of carboxylic acid groups (broad SMARTS) is 1. The third-order valence-corrected chi connectivity index (χ3v) is 6.48. The third kappa shape index (κ3) is 5.33. The lowest BCUT2D eigenvalue weighted by Gasteiger charge is -2.25. The van der Waals surface area contributed by atoms with Gasteiger partial charge in [-0.05, 0) is 26.7 Å². The van der Waals surface area contributed by atoms with Gasteiger partial charge in [-0.1, -0.05) is 5.21 Å². The molecule has 0 amide bonds. The minimum atomic E-state index is -4.31. The number of nitrogens with zero attached hydrogens (tertiary/aromatic N) is 4. The van der Waals surface area contributed by atoms with Gasteiger partial charge in [0.1, 0.15) is 11.8 Å². The topological polar surface area (TPSA) is 210 Å². The minimum Gasteiger partial charge on any atom is -0.479 e. The van der Waals surface area contributed by atoms with Crippen LogP contribution >= 0.6 is 7.60 Å². The van der Waals surface area contributed by atoms with Crippen LogP contribution in [0.1, 0.15) is 38.6 Å². The second-order valence-electron chi connectivity index (χ2n) is 6.28. The average Bonchev–Trinajstić information content (AvgIpc) is 3.21. The highest BCUT2D eigenvalue weighted by molar-refractivity contribution is 7.55. The van der Waals surface area contributed by atoms with Gasteiger partial charge >= 0.3 is 13.6 Å². The minimum absolute atomic E-state index is 0.138. The maximum absolute atomic E-state index is 13.1. The highest BCUT2D eigenvalue weighted by atomic mass is 31.2. The van der Waals surface area contributed by atoms with Gasteiger partial charge in [0.15, 0.2) is 17.6 Å². The predicted molar refractivity (Wildman–Crippen MR) is 105 cm³/mol. The molecular formula is C16H23N6O8P. The van der Waals surface area contributed by atoms with E-state index >= 15 is 0 Å². The number of aliphatic hydroxyl groups is 1. The number of hydrogen-bond acceptors (Lipinski definition) is 12. The number of carboxylic acids is 1. The van der Waals surface area contributed by atoms with Gasteiger partial charge in [0.2, 0.25) is 5.78 Å². The van der Waals surface area contributed by atoms with Crippen molar-refractivity contribution in [3.63, 3.8) is 0 Å². The van der Waals surface area contributed by atoms with Crippen molar-refractivity contribution >= 4 is 25.0 Å². The van der Waals surface area contributed by atoms with Gasteiger partial charge in [0.25, 0.3) is 5.56 Å². The Morgan fingerprint density at radius 3 is 2.58 bits per heavy atom. The molecule has 1 aliphatic rings. The van der Waals surface area contributed by atoms with E-state index in [2.05, 4.69) is 15.6 Å². The molecule has 0 aliphatic carbocycles. The summed E-state index contributed by atoms with van der Waals surface area (Å²) in [4.78, 5) is 25.0. The number of ether oxygens (including phenoxy) is 1. The molecule has 0 bridgehead atoms. The number of aliphatic hydroxyl groups excluding tert-OH is 1. The van der Waals surface area contributed by atoms with Gasteiger partial charge in [-0.3, -0.25) is 14.8 Å². The number of aromatic nitrogens is 3. The van der Waals surface area contributed by atoms with Crippen LogP contribution in [0.5, 0.6) is 0 Å². The second kappa shape index (κ2) is 10.6. The number of rotatable bonds is 11. The van der Waals surface area contributed by atoms with E-state index in [1.165, 1.54) is 19.9 Å². The lowest BCUT2D eigenvalue weighted by Crippen LogP contribution is -2.38. The first-order valence-corrected chi connectivity index (χ1v) is 11.0. The quantitative estimate of drug-likeness (QED) is 0.260. The molecule has 1 aliphatic heterocycles. The molecule has 0 spiro atoms. The van der Waals surface area contributed by atoms with Gasteiger partial charge in [-0.2, -0.15) is 9.94 Å². The van der Waals surface area contributed by atoms with E-state index in [-0.39, 0.29) is 19.8 Å². The van der Waals surface area contributed by atoms with Crippen molar-refractivity contribution in [1.29, 1.82) is 10.7 Å². The zero-order valence-electron chi connectivity index (χ0n) is 16.8. The summed E-state index contributed by atoms with van der Waals surface area (Å²) in [6, 6.07) is 1.49. The van der Waals surface area contributed by atoms with E-state index < -0.39 is 54.3 Å². The van der Waals surface area contributed by atoms with E-state index in [0.29, 0.717) is 12.8 Å². The van der Waals surface area contributed by atoms with Gasteiger partial charge < -0.3 is 29.3 Å². The summed E-state index contributed by atoms with van der Waals surface area (Å²) in [6.45, 7) is 2.42. The summed E-state index contributed by atoms with van der Waals surface area (Å²) in [5.74, 6) is -3.68. The Bertz CT molecular complexity index is 966. The highest BCUT2D eigenvalue weighted by Gasteiger charge is 2.43. The van der Waals surface area contributed by atoms with Crippen LogP contribution in [0.4, 0.5) is 5.69 Å². The van der Waals surface area contributed by atoms with E-state index in [0.717, 1.165) is 4.68 Å². The number of nitrogens with one attached hydrogen (secondary N) is 2. The standard InChI is InChI=1S/C16H23N6O8P/c1-3-28-31(27,29-4-2)14(16(25)26)19-13-12(10(18)7-17)20-21-22(15(13)24)11-6-5-9(8-23)30-11/h9,11,14,18-19,23H,3-6,8H2,1-2H3,(H,25,26). The lowest BCUT2D eigenvalue weighted by atomic mass is 10.2. The summed E-state index contributed by atoms with van der Waals surface area (Å²) < 4.78 is 29.5. The Morgan fingerprint density at radius 2 is 2.10 bits per heavy atom. The zero-order chi connectivity index (χ0) is 23.2. The van der Waals surface area contributed by atoms with Crippen molar-refractivity contribution in [1.82, 2.24) is 15.0 Å². The Morgan fingerprint density at radius 1 is 1.45 bits per heavy atom. The fraction of sp³-hybridized carbons (Fsp3) is 0.625. The molecule has 0 saturated carbocycles. The van der Waals surface area contributed by atoms with Crippen molar-refractivity contribution in [2.75, 3.05) is 25.1 Å². The smallest absolute Gasteiger partial charge is 0.364 e. The fourth-order valence-corrected chi connectivity index (χ4v) is 4.56. The van der Waals surface area contributed by atoms with Crippen molar-refractivity contribution < 1.29 is 33.4 Å². The first-order chi connectivity index (χ1) is 14.7. The third-order valence-electron chi connectivity index (χ3n) is 4.26. The predicted octanol–water partition coefficient (Wildman–Crippen LogP) is 0.288. The molecule has 1 aromatic heterocycles. The monoisotopic (exact) mass is 458 g/mol. The molecular weight excluding hydrogens is 435 g/mol. The van der Waals surface area contributed by atoms with Crippen LogP contribution in [0.2, 0.25) is 0 Å². The Balaban J connectivity index is 2.58. The van der Waals surface area contributed by atoms with Crippen LogP contribution in [0, 0.1) is 16.7 Å². The molecule has 0 aromatic carbocycles. The molecule has 3 unspecified atom stereocenters. The summed E-state index contributed by atoms with van der Waals surface area (Å²) >= 11 is 0. The SMILES string of the molecule is CCOP(=O)(OCC)C(Nc1c(C(=N)C#N)nnn(C2CCC(CO)O2)c1=O)C(=O)O. The number of nitriles is 1. The molecule has 14 nitrogen and oxygen atoms in total. The van der Waals surface area contributed by atoms with E-state index in [1.54, 1.807) is 0 Å².